The van der Waals surface area contributed by atoms with E-state index in [1.54, 1.807) is 0 Å². The molecule has 1 aromatic heterocycles. The Kier molecular flexibility index (Phi) is 8.47. The van der Waals surface area contributed by atoms with Gasteiger partial charge in [0, 0.05) is 50.0 Å². The first-order valence-corrected chi connectivity index (χ1v) is 14.2. The van der Waals surface area contributed by atoms with Crippen molar-refractivity contribution in [1.82, 2.24) is 35.5 Å². The predicted molar refractivity (Wildman–Crippen MR) is 156 cm³/mol. The number of benzene rings is 2. The van der Waals surface area contributed by atoms with Crippen molar-refractivity contribution in [2.24, 2.45) is 0 Å². The fourth-order valence-electron chi connectivity index (χ4n) is 6.08. The Balaban J connectivity index is 1.25. The number of piperazine rings is 2. The minimum Gasteiger partial charge on any atom is -0.343 e. The molecule has 2 aliphatic rings. The van der Waals surface area contributed by atoms with Gasteiger partial charge in [0.25, 0.3) is 0 Å². The zero-order valence-electron chi connectivity index (χ0n) is 23.8. The summed E-state index contributed by atoms with van der Waals surface area (Å²) in [5, 5.41) is 15.2. The molecule has 2 aromatic carbocycles. The van der Waals surface area contributed by atoms with Gasteiger partial charge in [0.05, 0.1) is 30.6 Å². The lowest BCUT2D eigenvalue weighted by molar-refractivity contribution is -0.122. The van der Waals surface area contributed by atoms with E-state index in [2.05, 4.69) is 70.8 Å². The van der Waals surface area contributed by atoms with E-state index in [4.69, 9.17) is 5.10 Å². The van der Waals surface area contributed by atoms with Crippen molar-refractivity contribution >= 4 is 5.91 Å². The molecule has 3 N–H and O–H groups in total. The maximum absolute atomic E-state index is 13.0. The molecule has 39 heavy (non-hydrogen) atoms. The Bertz CT molecular complexity index is 1240. The SMILES string of the molecule is Cc1ccc(CC2(C)C(C)NCCN2C2CNCCN2CNC(=O)Cc2cc(C)n(-c3ccccc3)n2)cc1. The smallest absolute Gasteiger partial charge is 0.227 e. The lowest BCUT2D eigenvalue weighted by atomic mass is 9.82. The summed E-state index contributed by atoms with van der Waals surface area (Å²) in [5.41, 5.74) is 5.40. The third-order valence-corrected chi connectivity index (χ3v) is 8.52. The van der Waals surface area contributed by atoms with E-state index in [1.165, 1.54) is 11.1 Å². The molecule has 2 saturated heterocycles. The molecule has 0 saturated carbocycles. The topological polar surface area (TPSA) is 77.5 Å². The van der Waals surface area contributed by atoms with Crippen LogP contribution in [-0.2, 0) is 17.6 Å². The molecule has 8 heteroatoms. The molecule has 3 aromatic rings. The summed E-state index contributed by atoms with van der Waals surface area (Å²) in [4.78, 5) is 18.1. The number of amides is 1. The van der Waals surface area contributed by atoms with Crippen LogP contribution in [0.5, 0.6) is 0 Å². The van der Waals surface area contributed by atoms with Crippen molar-refractivity contribution < 1.29 is 4.79 Å². The number of aromatic nitrogens is 2. The van der Waals surface area contributed by atoms with Crippen molar-refractivity contribution in [3.63, 3.8) is 0 Å². The first-order valence-electron chi connectivity index (χ1n) is 14.2. The van der Waals surface area contributed by atoms with Gasteiger partial charge < -0.3 is 16.0 Å². The molecule has 0 bridgehead atoms. The maximum Gasteiger partial charge on any atom is 0.227 e. The summed E-state index contributed by atoms with van der Waals surface area (Å²) < 4.78 is 1.90. The van der Waals surface area contributed by atoms with Crippen molar-refractivity contribution in [1.29, 1.82) is 0 Å². The highest BCUT2D eigenvalue weighted by atomic mass is 16.1. The molecule has 3 atom stereocenters. The summed E-state index contributed by atoms with van der Waals surface area (Å²) in [6, 6.07) is 21.3. The van der Waals surface area contributed by atoms with Gasteiger partial charge in [0.1, 0.15) is 0 Å². The predicted octanol–water partition coefficient (Wildman–Crippen LogP) is 2.63. The first kappa shape index (κ1) is 27.5. The number of para-hydroxylation sites is 1. The van der Waals surface area contributed by atoms with Gasteiger partial charge in [-0.15, -0.1) is 0 Å². The lowest BCUT2D eigenvalue weighted by Gasteiger charge is -2.56. The van der Waals surface area contributed by atoms with Gasteiger partial charge in [0.15, 0.2) is 0 Å². The average Bonchev–Trinajstić information content (AvgIpc) is 3.30. The maximum atomic E-state index is 13.0. The van der Waals surface area contributed by atoms with E-state index in [-0.39, 0.29) is 24.0 Å². The molecule has 3 heterocycles. The number of carbonyl (C=O) groups excluding carboxylic acids is 1. The summed E-state index contributed by atoms with van der Waals surface area (Å²) in [6.07, 6.45) is 1.45. The average molecular weight is 530 g/mol. The molecule has 0 radical (unpaired) electrons. The molecular formula is C31H43N7O. The Labute approximate surface area is 232 Å². The zero-order chi connectivity index (χ0) is 27.4. The molecule has 0 spiro atoms. The molecule has 1 amide bonds. The molecule has 2 aliphatic heterocycles. The second-order valence-corrected chi connectivity index (χ2v) is 11.3. The highest BCUT2D eigenvalue weighted by Gasteiger charge is 2.45. The fraction of sp³-hybridized carbons (Fsp3) is 0.484. The Morgan fingerprint density at radius 2 is 1.85 bits per heavy atom. The second-order valence-electron chi connectivity index (χ2n) is 11.3. The Morgan fingerprint density at radius 1 is 1.08 bits per heavy atom. The molecule has 2 fully saturated rings. The first-order chi connectivity index (χ1) is 18.8. The van der Waals surface area contributed by atoms with Crippen molar-refractivity contribution in [2.75, 3.05) is 39.4 Å². The van der Waals surface area contributed by atoms with Gasteiger partial charge >= 0.3 is 0 Å². The monoisotopic (exact) mass is 529 g/mol. The quantitative estimate of drug-likeness (QED) is 0.417. The van der Waals surface area contributed by atoms with Crippen molar-refractivity contribution in [3.8, 4) is 5.69 Å². The Morgan fingerprint density at radius 3 is 2.62 bits per heavy atom. The lowest BCUT2D eigenvalue weighted by Crippen LogP contribution is -2.73. The highest BCUT2D eigenvalue weighted by molar-refractivity contribution is 5.78. The zero-order valence-corrected chi connectivity index (χ0v) is 23.8. The standard InChI is InChI=1S/C31H43N7O/c1-23-10-12-26(13-11-23)20-31(4)25(3)33-15-17-37(31)30-21-32-14-16-36(30)22-34-29(39)19-27-18-24(2)38(35-27)28-8-6-5-7-9-28/h5-13,18,25,30,32-33H,14-17,19-22H2,1-4H3,(H,34,39). The molecule has 0 aliphatic carbocycles. The molecule has 3 unspecified atom stereocenters. The summed E-state index contributed by atoms with van der Waals surface area (Å²) in [7, 11) is 0. The van der Waals surface area contributed by atoms with E-state index in [0.717, 1.165) is 56.2 Å². The van der Waals surface area contributed by atoms with E-state index in [0.29, 0.717) is 12.7 Å². The van der Waals surface area contributed by atoms with Crippen LogP contribution in [0.1, 0.15) is 36.4 Å². The summed E-state index contributed by atoms with van der Waals surface area (Å²) >= 11 is 0. The molecular weight excluding hydrogens is 486 g/mol. The van der Waals surface area contributed by atoms with E-state index in [1.807, 2.05) is 48.0 Å². The number of nitrogens with one attached hydrogen (secondary N) is 3. The van der Waals surface area contributed by atoms with Crippen molar-refractivity contribution in [2.45, 2.75) is 58.3 Å². The largest absolute Gasteiger partial charge is 0.343 e. The van der Waals surface area contributed by atoms with Crippen molar-refractivity contribution in [3.05, 3.63) is 83.2 Å². The van der Waals surface area contributed by atoms with Crippen LogP contribution in [0.3, 0.4) is 0 Å². The van der Waals surface area contributed by atoms with Crippen LogP contribution in [0.25, 0.3) is 5.69 Å². The van der Waals surface area contributed by atoms with E-state index < -0.39 is 0 Å². The van der Waals surface area contributed by atoms with Gasteiger partial charge in [-0.05, 0) is 57.9 Å². The molecule has 208 valence electrons. The van der Waals surface area contributed by atoms with Gasteiger partial charge in [-0.25, -0.2) is 4.68 Å². The van der Waals surface area contributed by atoms with Crippen LogP contribution in [0.2, 0.25) is 0 Å². The second kappa shape index (κ2) is 12.0. The number of aryl methyl sites for hydroxylation is 2. The van der Waals surface area contributed by atoms with Crippen LogP contribution in [0.15, 0.2) is 60.7 Å². The summed E-state index contributed by atoms with van der Waals surface area (Å²) in [5.74, 6) is 0.00101. The number of hydrogen-bond acceptors (Lipinski definition) is 6. The van der Waals surface area contributed by atoms with Crippen LogP contribution in [-0.4, -0.2) is 82.6 Å². The van der Waals surface area contributed by atoms with Gasteiger partial charge in [-0.2, -0.15) is 5.10 Å². The number of rotatable bonds is 8. The number of carbonyl (C=O) groups is 1. The third-order valence-electron chi connectivity index (χ3n) is 8.52. The van der Waals surface area contributed by atoms with Gasteiger partial charge in [-0.3, -0.25) is 14.6 Å². The highest BCUT2D eigenvalue weighted by Crippen LogP contribution is 2.31. The molecule has 8 nitrogen and oxygen atoms in total. The summed E-state index contributed by atoms with van der Waals surface area (Å²) in [6.45, 7) is 14.0. The van der Waals surface area contributed by atoms with Crippen LogP contribution in [0.4, 0.5) is 0 Å². The Hall–Kier alpha value is -3.04. The third kappa shape index (κ3) is 6.25. The van der Waals surface area contributed by atoms with Crippen LogP contribution >= 0.6 is 0 Å². The minimum atomic E-state index is -0.0543. The normalized spacial score (nSPS) is 24.5. The van der Waals surface area contributed by atoms with Crippen LogP contribution < -0.4 is 16.0 Å². The van der Waals surface area contributed by atoms with Gasteiger partial charge in [-0.1, -0.05) is 48.0 Å². The van der Waals surface area contributed by atoms with Crippen LogP contribution in [0, 0.1) is 13.8 Å². The van der Waals surface area contributed by atoms with E-state index in [9.17, 15) is 4.79 Å². The number of nitrogens with zero attached hydrogens (tertiary/aromatic N) is 4. The number of hydrogen-bond donors (Lipinski definition) is 3. The fourth-order valence-corrected chi connectivity index (χ4v) is 6.08. The minimum absolute atomic E-state index is 0.00101. The van der Waals surface area contributed by atoms with E-state index >= 15 is 0 Å². The molecule has 5 rings (SSSR count). The van der Waals surface area contributed by atoms with Gasteiger partial charge in [0.2, 0.25) is 5.91 Å².